The predicted octanol–water partition coefficient (Wildman–Crippen LogP) is 1.70. The van der Waals surface area contributed by atoms with Crippen molar-refractivity contribution in [2.75, 3.05) is 13.1 Å². The fraction of sp³-hybridized carbons (Fsp3) is 0.462. The summed E-state index contributed by atoms with van der Waals surface area (Å²) in [5.41, 5.74) is 7.01. The Labute approximate surface area is 100 Å². The van der Waals surface area contributed by atoms with Crippen LogP contribution in [0.2, 0.25) is 0 Å². The van der Waals surface area contributed by atoms with Crippen LogP contribution in [0.15, 0.2) is 18.2 Å². The molecule has 0 aliphatic carbocycles. The molecule has 2 N–H and O–H groups in total. The molecule has 0 radical (unpaired) electrons. The van der Waals surface area contributed by atoms with E-state index < -0.39 is 0 Å². The van der Waals surface area contributed by atoms with E-state index in [9.17, 15) is 9.18 Å². The van der Waals surface area contributed by atoms with Crippen molar-refractivity contribution in [3.63, 3.8) is 0 Å². The monoisotopic (exact) mass is 236 g/mol. The van der Waals surface area contributed by atoms with Gasteiger partial charge in [0.1, 0.15) is 5.82 Å². The van der Waals surface area contributed by atoms with Crippen molar-refractivity contribution in [2.24, 2.45) is 5.73 Å². The Bertz CT molecular complexity index is 453. The van der Waals surface area contributed by atoms with Crippen LogP contribution in [0.1, 0.15) is 29.3 Å². The van der Waals surface area contributed by atoms with Gasteiger partial charge in [-0.1, -0.05) is 6.92 Å². The first-order chi connectivity index (χ1) is 7.95. The lowest BCUT2D eigenvalue weighted by molar-refractivity contribution is 0.0400. The second-order valence-electron chi connectivity index (χ2n) is 4.84. The third kappa shape index (κ3) is 2.17. The van der Waals surface area contributed by atoms with E-state index in [0.717, 1.165) is 6.42 Å². The molecule has 1 fully saturated rings. The Balaban J connectivity index is 2.12. The number of carbonyl (C=O) groups excluding carboxylic acids is 1. The largest absolute Gasteiger partial charge is 0.335 e. The van der Waals surface area contributed by atoms with Crippen molar-refractivity contribution in [2.45, 2.75) is 25.8 Å². The van der Waals surface area contributed by atoms with E-state index >= 15 is 0 Å². The van der Waals surface area contributed by atoms with Crippen molar-refractivity contribution in [3.8, 4) is 0 Å². The zero-order valence-corrected chi connectivity index (χ0v) is 10.2. The lowest BCUT2D eigenvalue weighted by atomic mass is 9.87. The Morgan fingerprint density at radius 3 is 2.71 bits per heavy atom. The van der Waals surface area contributed by atoms with Gasteiger partial charge in [-0.2, -0.15) is 0 Å². The van der Waals surface area contributed by atoms with E-state index in [0.29, 0.717) is 24.2 Å². The second-order valence-corrected chi connectivity index (χ2v) is 4.84. The molecule has 17 heavy (non-hydrogen) atoms. The highest BCUT2D eigenvalue weighted by Gasteiger charge is 2.40. The number of amides is 1. The molecule has 0 saturated carbocycles. The van der Waals surface area contributed by atoms with E-state index in [4.69, 9.17) is 5.73 Å². The van der Waals surface area contributed by atoms with Crippen LogP contribution in [0.25, 0.3) is 0 Å². The number of aryl methyl sites for hydroxylation is 1. The normalized spacial score (nSPS) is 17.8. The molecule has 0 spiro atoms. The smallest absolute Gasteiger partial charge is 0.254 e. The van der Waals surface area contributed by atoms with Crippen LogP contribution in [0.5, 0.6) is 0 Å². The Kier molecular flexibility index (Phi) is 2.91. The summed E-state index contributed by atoms with van der Waals surface area (Å²) >= 11 is 0. The van der Waals surface area contributed by atoms with Crippen LogP contribution in [-0.2, 0) is 0 Å². The first-order valence-corrected chi connectivity index (χ1v) is 5.79. The highest BCUT2D eigenvalue weighted by atomic mass is 19.1. The van der Waals surface area contributed by atoms with Gasteiger partial charge in [0.2, 0.25) is 0 Å². The number of carbonyl (C=O) groups is 1. The first-order valence-electron chi connectivity index (χ1n) is 5.79. The van der Waals surface area contributed by atoms with E-state index in [2.05, 4.69) is 0 Å². The average molecular weight is 236 g/mol. The van der Waals surface area contributed by atoms with Gasteiger partial charge >= 0.3 is 0 Å². The number of nitrogens with two attached hydrogens (primary N) is 1. The standard InChI is InChI=1S/C13H17FN2O/c1-3-13(15)7-16(8-13)12(17)11-5-4-10(14)6-9(11)2/h4-6H,3,7-8,15H2,1-2H3. The predicted molar refractivity (Wildman–Crippen MR) is 64.2 cm³/mol. The fourth-order valence-electron chi connectivity index (χ4n) is 2.12. The third-order valence-electron chi connectivity index (χ3n) is 3.42. The Morgan fingerprint density at radius 2 is 2.18 bits per heavy atom. The van der Waals surface area contributed by atoms with Gasteiger partial charge in [-0.25, -0.2) is 4.39 Å². The molecule has 0 unspecified atom stereocenters. The summed E-state index contributed by atoms with van der Waals surface area (Å²) in [5, 5.41) is 0. The minimum Gasteiger partial charge on any atom is -0.335 e. The Morgan fingerprint density at radius 1 is 1.53 bits per heavy atom. The van der Waals surface area contributed by atoms with Gasteiger partial charge in [0, 0.05) is 18.7 Å². The lowest BCUT2D eigenvalue weighted by Gasteiger charge is -2.47. The molecule has 1 aromatic carbocycles. The van der Waals surface area contributed by atoms with Gasteiger partial charge in [-0.15, -0.1) is 0 Å². The molecule has 1 aliphatic rings. The summed E-state index contributed by atoms with van der Waals surface area (Å²) in [7, 11) is 0. The molecule has 1 aliphatic heterocycles. The maximum atomic E-state index is 12.9. The first kappa shape index (κ1) is 12.0. The highest BCUT2D eigenvalue weighted by Crippen LogP contribution is 2.24. The summed E-state index contributed by atoms with van der Waals surface area (Å²) < 4.78 is 12.9. The lowest BCUT2D eigenvalue weighted by Crippen LogP contribution is -2.68. The summed E-state index contributed by atoms with van der Waals surface area (Å²) in [6.45, 7) is 4.93. The van der Waals surface area contributed by atoms with Gasteiger partial charge in [-0.05, 0) is 37.1 Å². The zero-order valence-electron chi connectivity index (χ0n) is 10.2. The highest BCUT2D eigenvalue weighted by molar-refractivity contribution is 5.96. The molecule has 1 aromatic rings. The number of likely N-dealkylation sites (tertiary alicyclic amines) is 1. The number of rotatable bonds is 2. The van der Waals surface area contributed by atoms with Crippen molar-refractivity contribution >= 4 is 5.91 Å². The van der Waals surface area contributed by atoms with Crippen molar-refractivity contribution in [3.05, 3.63) is 35.1 Å². The van der Waals surface area contributed by atoms with Crippen LogP contribution >= 0.6 is 0 Å². The quantitative estimate of drug-likeness (QED) is 0.849. The average Bonchev–Trinajstić information content (AvgIpc) is 2.24. The van der Waals surface area contributed by atoms with E-state index in [-0.39, 0.29) is 17.3 Å². The number of hydrogen-bond acceptors (Lipinski definition) is 2. The molecule has 1 amide bonds. The van der Waals surface area contributed by atoms with Gasteiger partial charge in [0.25, 0.3) is 5.91 Å². The maximum absolute atomic E-state index is 12.9. The molecule has 92 valence electrons. The minimum atomic E-state index is -0.315. The van der Waals surface area contributed by atoms with Gasteiger partial charge < -0.3 is 10.6 Å². The fourth-order valence-corrected chi connectivity index (χ4v) is 2.12. The molecule has 3 nitrogen and oxygen atoms in total. The van der Waals surface area contributed by atoms with E-state index in [1.54, 1.807) is 11.8 Å². The maximum Gasteiger partial charge on any atom is 0.254 e. The van der Waals surface area contributed by atoms with Gasteiger partial charge in [0.15, 0.2) is 0 Å². The SMILES string of the molecule is CCC1(N)CN(C(=O)c2ccc(F)cc2C)C1. The summed E-state index contributed by atoms with van der Waals surface area (Å²) in [6.07, 6.45) is 0.860. The zero-order chi connectivity index (χ0) is 12.6. The van der Waals surface area contributed by atoms with Crippen LogP contribution in [-0.4, -0.2) is 29.4 Å². The van der Waals surface area contributed by atoms with Crippen LogP contribution in [0, 0.1) is 12.7 Å². The molecule has 0 aromatic heterocycles. The molecule has 1 saturated heterocycles. The number of benzene rings is 1. The van der Waals surface area contributed by atoms with Crippen LogP contribution in [0.3, 0.4) is 0 Å². The van der Waals surface area contributed by atoms with Crippen molar-refractivity contribution in [1.82, 2.24) is 4.90 Å². The van der Waals surface area contributed by atoms with E-state index in [1.807, 2.05) is 6.92 Å². The number of halogens is 1. The third-order valence-corrected chi connectivity index (χ3v) is 3.42. The topological polar surface area (TPSA) is 46.3 Å². The molecule has 1 heterocycles. The molecule has 4 heteroatoms. The van der Waals surface area contributed by atoms with Crippen LogP contribution in [0.4, 0.5) is 4.39 Å². The molecular weight excluding hydrogens is 219 g/mol. The number of nitrogens with zero attached hydrogens (tertiary/aromatic N) is 1. The molecular formula is C13H17FN2O. The summed E-state index contributed by atoms with van der Waals surface area (Å²) in [6, 6.07) is 4.23. The second kappa shape index (κ2) is 4.11. The summed E-state index contributed by atoms with van der Waals surface area (Å²) in [5.74, 6) is -0.374. The Hall–Kier alpha value is -1.42. The molecule has 0 bridgehead atoms. The van der Waals surface area contributed by atoms with Crippen molar-refractivity contribution in [1.29, 1.82) is 0 Å². The molecule has 0 atom stereocenters. The minimum absolute atomic E-state index is 0.0583. The van der Waals surface area contributed by atoms with Crippen LogP contribution < -0.4 is 5.73 Å². The van der Waals surface area contributed by atoms with E-state index in [1.165, 1.54) is 18.2 Å². The van der Waals surface area contributed by atoms with Gasteiger partial charge in [0.05, 0.1) is 5.54 Å². The van der Waals surface area contributed by atoms with Crippen molar-refractivity contribution < 1.29 is 9.18 Å². The molecule has 2 rings (SSSR count). The summed E-state index contributed by atoms with van der Waals surface area (Å²) in [4.78, 5) is 13.8. The van der Waals surface area contributed by atoms with Gasteiger partial charge in [-0.3, -0.25) is 4.79 Å². The number of hydrogen-bond donors (Lipinski definition) is 1.